The van der Waals surface area contributed by atoms with Crippen LogP contribution in [0.1, 0.15) is 6.42 Å². The lowest BCUT2D eigenvalue weighted by molar-refractivity contribution is -0.404. The van der Waals surface area contributed by atoms with Crippen molar-refractivity contribution >= 4 is 0 Å². The molecule has 2 rings (SSSR count). The largest absolute Gasteiger partial charge is 0.380 e. The summed E-state index contributed by atoms with van der Waals surface area (Å²) in [6.07, 6.45) is 1.87. The van der Waals surface area contributed by atoms with Crippen LogP contribution in [0, 0.1) is 15.5 Å². The average molecular weight is 199 g/mol. The highest BCUT2D eigenvalue weighted by atomic mass is 16.6. The van der Waals surface area contributed by atoms with Crippen LogP contribution in [0.15, 0.2) is 12.0 Å². The van der Waals surface area contributed by atoms with Crippen LogP contribution in [0.5, 0.6) is 0 Å². The van der Waals surface area contributed by atoms with E-state index in [9.17, 15) is 10.1 Å². The van der Waals surface area contributed by atoms with Crippen LogP contribution < -0.4 is 5.73 Å². The molecule has 0 saturated carbocycles. The van der Waals surface area contributed by atoms with Crippen LogP contribution in [0.3, 0.4) is 0 Å². The second-order valence-electron chi connectivity index (χ2n) is 4.00. The molecule has 0 aliphatic carbocycles. The Morgan fingerprint density at radius 3 is 2.79 bits per heavy atom. The molecule has 1 spiro atoms. The van der Waals surface area contributed by atoms with E-state index in [-0.39, 0.29) is 11.2 Å². The fraction of sp³-hybridized carbons (Fsp3) is 0.750. The number of rotatable bonds is 2. The highest BCUT2D eigenvalue weighted by Crippen LogP contribution is 2.38. The summed E-state index contributed by atoms with van der Waals surface area (Å²) in [6.45, 7) is 3.09. The monoisotopic (exact) mass is 199 g/mol. The standard InChI is InChI=1S/C8H13N3O3/c9-7(3-11(12)13)10-2-1-8(4-10)5-14-6-8/h3H,1-2,4-6,9H2/b7-3-. The van der Waals surface area contributed by atoms with Gasteiger partial charge >= 0.3 is 0 Å². The van der Waals surface area contributed by atoms with Gasteiger partial charge in [-0.1, -0.05) is 0 Å². The molecule has 0 aromatic heterocycles. The molecule has 0 aromatic rings. The first kappa shape index (κ1) is 9.26. The lowest BCUT2D eigenvalue weighted by Gasteiger charge is -2.37. The average Bonchev–Trinajstić information content (AvgIpc) is 2.45. The van der Waals surface area contributed by atoms with Gasteiger partial charge in [0, 0.05) is 18.5 Å². The van der Waals surface area contributed by atoms with E-state index >= 15 is 0 Å². The molecule has 2 saturated heterocycles. The maximum absolute atomic E-state index is 10.2. The number of nitrogens with zero attached hydrogens (tertiary/aromatic N) is 2. The molecule has 2 N–H and O–H groups in total. The number of hydrogen-bond acceptors (Lipinski definition) is 5. The van der Waals surface area contributed by atoms with Crippen molar-refractivity contribution in [1.82, 2.24) is 4.90 Å². The Labute approximate surface area is 81.5 Å². The third-order valence-corrected chi connectivity index (χ3v) is 2.86. The molecule has 2 aliphatic heterocycles. The van der Waals surface area contributed by atoms with E-state index in [2.05, 4.69) is 0 Å². The predicted molar refractivity (Wildman–Crippen MR) is 48.7 cm³/mol. The van der Waals surface area contributed by atoms with Gasteiger partial charge in [-0.05, 0) is 6.42 Å². The third-order valence-electron chi connectivity index (χ3n) is 2.86. The van der Waals surface area contributed by atoms with Crippen molar-refractivity contribution < 1.29 is 9.66 Å². The summed E-state index contributed by atoms with van der Waals surface area (Å²) in [6, 6.07) is 0. The van der Waals surface area contributed by atoms with Gasteiger partial charge in [0.2, 0.25) is 0 Å². The number of nitro groups is 1. The summed E-state index contributed by atoms with van der Waals surface area (Å²) in [5.74, 6) is 0.249. The molecular formula is C8H13N3O3. The van der Waals surface area contributed by atoms with E-state index in [0.29, 0.717) is 0 Å². The fourth-order valence-electron chi connectivity index (χ4n) is 1.97. The van der Waals surface area contributed by atoms with Crippen LogP contribution in [0.4, 0.5) is 0 Å². The van der Waals surface area contributed by atoms with Gasteiger partial charge in [-0.15, -0.1) is 0 Å². The number of ether oxygens (including phenoxy) is 1. The van der Waals surface area contributed by atoms with Crippen molar-refractivity contribution in [1.29, 1.82) is 0 Å². The highest BCUT2D eigenvalue weighted by Gasteiger charge is 2.44. The first-order valence-electron chi connectivity index (χ1n) is 4.55. The fourth-order valence-corrected chi connectivity index (χ4v) is 1.97. The minimum atomic E-state index is -0.516. The van der Waals surface area contributed by atoms with Crippen LogP contribution in [0.2, 0.25) is 0 Å². The molecule has 2 fully saturated rings. The topological polar surface area (TPSA) is 81.6 Å². The Morgan fingerprint density at radius 2 is 2.36 bits per heavy atom. The Kier molecular flexibility index (Phi) is 2.07. The van der Waals surface area contributed by atoms with Gasteiger partial charge in [0.05, 0.1) is 18.1 Å². The summed E-state index contributed by atoms with van der Waals surface area (Å²) in [4.78, 5) is 11.5. The maximum Gasteiger partial charge on any atom is 0.274 e. The Balaban J connectivity index is 1.98. The van der Waals surface area contributed by atoms with Crippen molar-refractivity contribution in [2.45, 2.75) is 6.42 Å². The van der Waals surface area contributed by atoms with Crippen LogP contribution in [-0.2, 0) is 4.74 Å². The van der Waals surface area contributed by atoms with Gasteiger partial charge < -0.3 is 15.4 Å². The van der Waals surface area contributed by atoms with Gasteiger partial charge in [-0.3, -0.25) is 10.1 Å². The summed E-state index contributed by atoms with van der Waals surface area (Å²) in [5, 5.41) is 10.2. The maximum atomic E-state index is 10.2. The molecule has 0 bridgehead atoms. The van der Waals surface area contributed by atoms with E-state index in [1.165, 1.54) is 0 Å². The van der Waals surface area contributed by atoms with Crippen molar-refractivity contribution in [2.24, 2.45) is 11.1 Å². The van der Waals surface area contributed by atoms with Gasteiger partial charge in [0.1, 0.15) is 0 Å². The Morgan fingerprint density at radius 1 is 1.64 bits per heavy atom. The SMILES string of the molecule is N/C(=C/[N+](=O)[O-])N1CCC2(COC2)C1. The van der Waals surface area contributed by atoms with Crippen molar-refractivity contribution in [2.75, 3.05) is 26.3 Å². The lowest BCUT2D eigenvalue weighted by Crippen LogP contribution is -2.44. The van der Waals surface area contributed by atoms with Crippen LogP contribution in [-0.4, -0.2) is 36.1 Å². The minimum absolute atomic E-state index is 0.217. The van der Waals surface area contributed by atoms with Crippen molar-refractivity contribution in [3.63, 3.8) is 0 Å². The molecule has 6 heteroatoms. The molecule has 2 heterocycles. The van der Waals surface area contributed by atoms with Crippen molar-refractivity contribution in [3.8, 4) is 0 Å². The molecule has 0 aromatic carbocycles. The highest BCUT2D eigenvalue weighted by molar-refractivity contribution is 5.02. The zero-order valence-electron chi connectivity index (χ0n) is 7.81. The van der Waals surface area contributed by atoms with Gasteiger partial charge in [-0.2, -0.15) is 0 Å². The molecule has 78 valence electrons. The number of hydrogen-bond donors (Lipinski definition) is 1. The smallest absolute Gasteiger partial charge is 0.274 e. The molecule has 0 unspecified atom stereocenters. The van der Waals surface area contributed by atoms with E-state index in [4.69, 9.17) is 10.5 Å². The number of likely N-dealkylation sites (tertiary alicyclic amines) is 1. The summed E-state index contributed by atoms with van der Waals surface area (Å²) in [7, 11) is 0. The van der Waals surface area contributed by atoms with Crippen LogP contribution >= 0.6 is 0 Å². The second kappa shape index (κ2) is 3.13. The molecule has 14 heavy (non-hydrogen) atoms. The Hall–Kier alpha value is -1.30. The van der Waals surface area contributed by atoms with Crippen molar-refractivity contribution in [3.05, 3.63) is 22.1 Å². The third kappa shape index (κ3) is 1.52. The zero-order valence-corrected chi connectivity index (χ0v) is 7.81. The second-order valence-corrected chi connectivity index (χ2v) is 4.00. The predicted octanol–water partition coefficient (Wildman–Crippen LogP) is -0.257. The first-order chi connectivity index (χ1) is 6.61. The molecule has 6 nitrogen and oxygen atoms in total. The van der Waals surface area contributed by atoms with Gasteiger partial charge in [0.15, 0.2) is 5.82 Å². The quantitative estimate of drug-likeness (QED) is 0.489. The van der Waals surface area contributed by atoms with Gasteiger partial charge in [0.25, 0.3) is 6.20 Å². The van der Waals surface area contributed by atoms with E-state index in [1.807, 2.05) is 4.90 Å². The summed E-state index contributed by atoms with van der Waals surface area (Å²) < 4.78 is 5.15. The summed E-state index contributed by atoms with van der Waals surface area (Å²) in [5.41, 5.74) is 5.80. The van der Waals surface area contributed by atoms with E-state index in [1.54, 1.807) is 0 Å². The van der Waals surface area contributed by atoms with Gasteiger partial charge in [-0.25, -0.2) is 0 Å². The van der Waals surface area contributed by atoms with E-state index in [0.717, 1.165) is 38.9 Å². The molecule has 0 amide bonds. The zero-order chi connectivity index (χ0) is 10.2. The summed E-state index contributed by atoms with van der Waals surface area (Å²) >= 11 is 0. The Bertz CT molecular complexity index is 286. The first-order valence-corrected chi connectivity index (χ1v) is 4.55. The number of nitrogens with two attached hydrogens (primary N) is 1. The minimum Gasteiger partial charge on any atom is -0.380 e. The molecule has 2 aliphatic rings. The molecule has 0 radical (unpaired) electrons. The molecular weight excluding hydrogens is 186 g/mol. The van der Waals surface area contributed by atoms with E-state index < -0.39 is 4.92 Å². The lowest BCUT2D eigenvalue weighted by atomic mass is 9.85. The van der Waals surface area contributed by atoms with Crippen LogP contribution in [0.25, 0.3) is 0 Å². The normalized spacial score (nSPS) is 25.1. The molecule has 0 atom stereocenters.